The molecule has 1 amide bonds. The smallest absolute Gasteiger partial charge is 0.475 e. The van der Waals surface area contributed by atoms with Crippen molar-refractivity contribution in [1.29, 1.82) is 0 Å². The van der Waals surface area contributed by atoms with E-state index in [4.69, 9.17) is 9.90 Å². The van der Waals surface area contributed by atoms with E-state index in [1.54, 1.807) is 6.08 Å². The highest BCUT2D eigenvalue weighted by atomic mass is 19.4. The van der Waals surface area contributed by atoms with Gasteiger partial charge in [-0.15, -0.1) is 0 Å². The Morgan fingerprint density at radius 1 is 1.57 bits per heavy atom. The maximum Gasteiger partial charge on any atom is 0.490 e. The summed E-state index contributed by atoms with van der Waals surface area (Å²) < 4.78 is 31.7. The van der Waals surface area contributed by atoms with Crippen LogP contribution < -0.4 is 5.48 Å². The van der Waals surface area contributed by atoms with Crippen LogP contribution in [0.1, 0.15) is 6.42 Å². The number of carboxylic acid groups (broad SMARTS) is 1. The molecule has 5 nitrogen and oxygen atoms in total. The molecule has 14 heavy (non-hydrogen) atoms. The summed E-state index contributed by atoms with van der Waals surface area (Å²) in [5, 5.41) is 7.12. The molecular weight excluding hydrogens is 207 g/mol. The van der Waals surface area contributed by atoms with Gasteiger partial charge in [-0.05, 0) is 6.08 Å². The van der Waals surface area contributed by atoms with E-state index in [0.29, 0.717) is 6.42 Å². The number of nitrogens with one attached hydrogen (secondary N) is 1. The minimum atomic E-state index is -5.08. The fourth-order valence-corrected chi connectivity index (χ4v) is 0.345. The van der Waals surface area contributed by atoms with Gasteiger partial charge in [0.2, 0.25) is 0 Å². The SMILES string of the molecule is O=C(O)C(F)(F)F.O=C1CC=CON1. The van der Waals surface area contributed by atoms with Crippen LogP contribution in [-0.2, 0) is 14.4 Å². The lowest BCUT2D eigenvalue weighted by Crippen LogP contribution is -2.22. The third-order valence-electron chi connectivity index (χ3n) is 0.883. The summed E-state index contributed by atoms with van der Waals surface area (Å²) in [6, 6.07) is 0. The van der Waals surface area contributed by atoms with Gasteiger partial charge in [0.15, 0.2) is 0 Å². The molecule has 0 radical (unpaired) electrons. The number of rotatable bonds is 0. The first kappa shape index (κ1) is 12.3. The van der Waals surface area contributed by atoms with Crippen molar-refractivity contribution in [2.75, 3.05) is 0 Å². The molecule has 80 valence electrons. The first-order valence-corrected chi connectivity index (χ1v) is 3.23. The van der Waals surface area contributed by atoms with E-state index in [1.165, 1.54) is 6.26 Å². The van der Waals surface area contributed by atoms with E-state index < -0.39 is 12.1 Å². The number of halogens is 3. The number of carbonyl (C=O) groups is 2. The van der Waals surface area contributed by atoms with Gasteiger partial charge in [-0.1, -0.05) is 0 Å². The van der Waals surface area contributed by atoms with Crippen LogP contribution in [0.3, 0.4) is 0 Å². The quantitative estimate of drug-likeness (QED) is 0.617. The molecule has 1 heterocycles. The summed E-state index contributed by atoms with van der Waals surface area (Å²) in [6.45, 7) is 0. The molecule has 1 aliphatic heterocycles. The van der Waals surface area contributed by atoms with Gasteiger partial charge < -0.3 is 9.94 Å². The van der Waals surface area contributed by atoms with E-state index in [0.717, 1.165) is 0 Å². The number of carbonyl (C=O) groups excluding carboxylic acids is 1. The van der Waals surface area contributed by atoms with Gasteiger partial charge in [-0.3, -0.25) is 4.79 Å². The molecule has 0 aromatic carbocycles. The van der Waals surface area contributed by atoms with Crippen LogP contribution in [0.25, 0.3) is 0 Å². The van der Waals surface area contributed by atoms with Crippen LogP contribution in [0.15, 0.2) is 12.3 Å². The normalized spacial score (nSPS) is 14.6. The average molecular weight is 213 g/mol. The maximum atomic E-state index is 10.6. The van der Waals surface area contributed by atoms with Crippen molar-refractivity contribution in [2.24, 2.45) is 0 Å². The Morgan fingerprint density at radius 2 is 2.07 bits per heavy atom. The summed E-state index contributed by atoms with van der Waals surface area (Å²) in [5.41, 5.74) is 2.16. The van der Waals surface area contributed by atoms with Crippen LogP contribution in [0.2, 0.25) is 0 Å². The lowest BCUT2D eigenvalue weighted by molar-refractivity contribution is -0.192. The van der Waals surface area contributed by atoms with Crippen LogP contribution in [0, 0.1) is 0 Å². The molecule has 0 spiro atoms. The van der Waals surface area contributed by atoms with Crippen LogP contribution >= 0.6 is 0 Å². The molecule has 0 bridgehead atoms. The first-order valence-electron chi connectivity index (χ1n) is 3.23. The molecule has 0 aromatic heterocycles. The van der Waals surface area contributed by atoms with Gasteiger partial charge in [0.1, 0.15) is 6.26 Å². The second-order valence-corrected chi connectivity index (χ2v) is 2.02. The van der Waals surface area contributed by atoms with E-state index in [2.05, 4.69) is 10.3 Å². The Morgan fingerprint density at radius 3 is 2.21 bits per heavy atom. The minimum Gasteiger partial charge on any atom is -0.475 e. The topological polar surface area (TPSA) is 75.6 Å². The molecule has 0 aromatic rings. The number of hydrogen-bond donors (Lipinski definition) is 2. The van der Waals surface area contributed by atoms with Crippen molar-refractivity contribution in [2.45, 2.75) is 12.6 Å². The van der Waals surface area contributed by atoms with Gasteiger partial charge in [-0.2, -0.15) is 18.7 Å². The Bertz CT molecular complexity index is 248. The van der Waals surface area contributed by atoms with Gasteiger partial charge in [0, 0.05) is 0 Å². The van der Waals surface area contributed by atoms with Gasteiger partial charge in [-0.25, -0.2) is 4.79 Å². The molecule has 0 saturated carbocycles. The van der Waals surface area contributed by atoms with E-state index >= 15 is 0 Å². The highest BCUT2D eigenvalue weighted by molar-refractivity contribution is 5.76. The predicted octanol–water partition coefficient (Wildman–Crippen LogP) is 0.585. The Kier molecular flexibility index (Phi) is 4.47. The zero-order valence-corrected chi connectivity index (χ0v) is 6.67. The fraction of sp³-hybridized carbons (Fsp3) is 0.333. The van der Waals surface area contributed by atoms with Crippen molar-refractivity contribution < 1.29 is 32.7 Å². The largest absolute Gasteiger partial charge is 0.490 e. The number of amides is 1. The summed E-state index contributed by atoms with van der Waals surface area (Å²) in [4.78, 5) is 23.5. The molecule has 2 N–H and O–H groups in total. The van der Waals surface area contributed by atoms with Gasteiger partial charge in [0.05, 0.1) is 6.42 Å². The highest BCUT2D eigenvalue weighted by Gasteiger charge is 2.38. The fourth-order valence-electron chi connectivity index (χ4n) is 0.345. The Balaban J connectivity index is 0.000000241. The molecule has 8 heteroatoms. The number of hydroxylamine groups is 1. The third-order valence-corrected chi connectivity index (χ3v) is 0.883. The molecule has 0 saturated heterocycles. The van der Waals surface area contributed by atoms with Crippen molar-refractivity contribution in [3.8, 4) is 0 Å². The van der Waals surface area contributed by atoms with E-state index in [1.807, 2.05) is 0 Å². The maximum absolute atomic E-state index is 10.6. The number of aliphatic carboxylic acids is 1. The van der Waals surface area contributed by atoms with Crippen molar-refractivity contribution in [3.05, 3.63) is 12.3 Å². The predicted molar refractivity (Wildman–Crippen MR) is 36.7 cm³/mol. The molecule has 0 atom stereocenters. The summed E-state index contributed by atoms with van der Waals surface area (Å²) in [6.07, 6.45) is -1.56. The van der Waals surface area contributed by atoms with Gasteiger partial charge >= 0.3 is 12.1 Å². The lowest BCUT2D eigenvalue weighted by atomic mass is 10.4. The molecule has 1 aliphatic rings. The summed E-state index contributed by atoms with van der Waals surface area (Å²) in [7, 11) is 0. The van der Waals surface area contributed by atoms with Crippen LogP contribution in [-0.4, -0.2) is 23.2 Å². The van der Waals surface area contributed by atoms with Gasteiger partial charge in [0.25, 0.3) is 5.91 Å². The van der Waals surface area contributed by atoms with E-state index in [9.17, 15) is 18.0 Å². The lowest BCUT2D eigenvalue weighted by Gasteiger charge is -2.03. The number of hydrogen-bond acceptors (Lipinski definition) is 3. The second kappa shape index (κ2) is 5.10. The molecule has 1 rings (SSSR count). The number of alkyl halides is 3. The Hall–Kier alpha value is -1.73. The summed E-state index contributed by atoms with van der Waals surface area (Å²) in [5.74, 6) is -2.85. The van der Waals surface area contributed by atoms with E-state index in [-0.39, 0.29) is 5.91 Å². The zero-order chi connectivity index (χ0) is 11.2. The zero-order valence-electron chi connectivity index (χ0n) is 6.67. The number of carboxylic acids is 1. The second-order valence-electron chi connectivity index (χ2n) is 2.02. The van der Waals surface area contributed by atoms with Crippen LogP contribution in [0.4, 0.5) is 13.2 Å². The van der Waals surface area contributed by atoms with Crippen molar-refractivity contribution in [1.82, 2.24) is 5.48 Å². The average Bonchev–Trinajstić information content (AvgIpc) is 2.04. The molecule has 0 aliphatic carbocycles. The molecular formula is C6H6F3NO4. The monoisotopic (exact) mass is 213 g/mol. The minimum absolute atomic E-state index is 0.0949. The molecule has 0 unspecified atom stereocenters. The van der Waals surface area contributed by atoms with Crippen molar-refractivity contribution >= 4 is 11.9 Å². The standard InChI is InChI=1S/C4H5NO2.C2HF3O2/c6-4-2-1-3-7-5-4;3-2(4,5)1(6)7/h1,3H,2H2,(H,5,6);(H,6,7). The van der Waals surface area contributed by atoms with Crippen molar-refractivity contribution in [3.63, 3.8) is 0 Å². The van der Waals surface area contributed by atoms with Crippen LogP contribution in [0.5, 0.6) is 0 Å². The Labute approximate surface area is 76.1 Å². The summed E-state index contributed by atoms with van der Waals surface area (Å²) >= 11 is 0. The highest BCUT2D eigenvalue weighted by Crippen LogP contribution is 2.13. The third kappa shape index (κ3) is 5.86. The molecule has 0 fully saturated rings. The first-order chi connectivity index (χ1) is 6.34.